The van der Waals surface area contributed by atoms with Crippen molar-refractivity contribution in [3.8, 4) is 0 Å². The molecule has 0 radical (unpaired) electrons. The molecule has 0 aliphatic carbocycles. The van der Waals surface area contributed by atoms with Gasteiger partial charge in [0.1, 0.15) is 12.1 Å². The van der Waals surface area contributed by atoms with Crippen LogP contribution < -0.4 is 5.32 Å². The summed E-state index contributed by atoms with van der Waals surface area (Å²) in [4.78, 5) is 8.06. The van der Waals surface area contributed by atoms with Crippen molar-refractivity contribution in [2.24, 2.45) is 0 Å². The number of nitrogens with zero attached hydrogens (tertiary/aromatic N) is 2. The fourth-order valence-corrected chi connectivity index (χ4v) is 2.28. The largest absolute Gasteiger partial charge is 0.339 e. The standard InChI is InChI=1S/C11H9Br2N3/c1-7-2-8(12)4-9(3-7)16-11-10(13)5-14-6-15-11/h2-6H,1H3,(H,14,15,16). The van der Waals surface area contributed by atoms with E-state index in [1.54, 1.807) is 6.20 Å². The second kappa shape index (κ2) is 4.93. The predicted molar refractivity (Wildman–Crippen MR) is 71.9 cm³/mol. The Labute approximate surface area is 111 Å². The normalized spacial score (nSPS) is 10.2. The quantitative estimate of drug-likeness (QED) is 0.894. The van der Waals surface area contributed by atoms with Crippen molar-refractivity contribution in [1.29, 1.82) is 0 Å². The minimum atomic E-state index is 0.757. The van der Waals surface area contributed by atoms with E-state index in [1.165, 1.54) is 11.9 Å². The molecule has 5 heteroatoms. The molecule has 0 saturated carbocycles. The van der Waals surface area contributed by atoms with Crippen molar-refractivity contribution in [1.82, 2.24) is 9.97 Å². The first-order chi connectivity index (χ1) is 7.65. The molecule has 1 aromatic heterocycles. The molecule has 1 aromatic carbocycles. The van der Waals surface area contributed by atoms with Crippen molar-refractivity contribution in [2.75, 3.05) is 5.32 Å². The third kappa shape index (κ3) is 2.80. The molecule has 0 unspecified atom stereocenters. The lowest BCUT2D eigenvalue weighted by Crippen LogP contribution is -1.95. The number of aromatic nitrogens is 2. The maximum Gasteiger partial charge on any atom is 0.148 e. The van der Waals surface area contributed by atoms with Crippen LogP contribution in [0, 0.1) is 6.92 Å². The van der Waals surface area contributed by atoms with Crippen molar-refractivity contribution in [3.63, 3.8) is 0 Å². The van der Waals surface area contributed by atoms with E-state index in [4.69, 9.17) is 0 Å². The summed E-state index contributed by atoms with van der Waals surface area (Å²) in [7, 11) is 0. The number of aryl methyl sites for hydroxylation is 1. The molecule has 0 fully saturated rings. The number of anilines is 2. The summed E-state index contributed by atoms with van der Waals surface area (Å²) in [5.41, 5.74) is 2.17. The van der Waals surface area contributed by atoms with Crippen LogP contribution in [0.25, 0.3) is 0 Å². The smallest absolute Gasteiger partial charge is 0.148 e. The van der Waals surface area contributed by atoms with Gasteiger partial charge in [-0.05, 0) is 46.6 Å². The second-order valence-corrected chi connectivity index (χ2v) is 5.13. The van der Waals surface area contributed by atoms with E-state index < -0.39 is 0 Å². The average molecular weight is 343 g/mol. The summed E-state index contributed by atoms with van der Waals surface area (Å²) in [6.45, 7) is 2.05. The van der Waals surface area contributed by atoms with Crippen LogP contribution in [0.1, 0.15) is 5.56 Å². The zero-order valence-electron chi connectivity index (χ0n) is 8.54. The summed E-state index contributed by atoms with van der Waals surface area (Å²) in [6, 6.07) is 6.11. The van der Waals surface area contributed by atoms with Gasteiger partial charge in [0.2, 0.25) is 0 Å². The molecule has 0 atom stereocenters. The van der Waals surface area contributed by atoms with Crippen molar-refractivity contribution < 1.29 is 0 Å². The van der Waals surface area contributed by atoms with Gasteiger partial charge in [0.05, 0.1) is 4.47 Å². The van der Waals surface area contributed by atoms with Gasteiger partial charge in [0, 0.05) is 16.4 Å². The molecule has 16 heavy (non-hydrogen) atoms. The number of benzene rings is 1. The monoisotopic (exact) mass is 341 g/mol. The van der Waals surface area contributed by atoms with Gasteiger partial charge in [-0.3, -0.25) is 0 Å². The molecule has 2 aromatic rings. The molecular formula is C11H9Br2N3. The van der Waals surface area contributed by atoms with Gasteiger partial charge < -0.3 is 5.32 Å². The summed E-state index contributed by atoms with van der Waals surface area (Å²) < 4.78 is 1.88. The Morgan fingerprint density at radius 3 is 2.69 bits per heavy atom. The van der Waals surface area contributed by atoms with Crippen LogP contribution in [0.3, 0.4) is 0 Å². The highest BCUT2D eigenvalue weighted by Gasteiger charge is 2.02. The third-order valence-corrected chi connectivity index (χ3v) is 3.01. The highest BCUT2D eigenvalue weighted by Crippen LogP contribution is 2.25. The Hall–Kier alpha value is -0.940. The Morgan fingerprint density at radius 2 is 2.00 bits per heavy atom. The Kier molecular flexibility index (Phi) is 3.56. The van der Waals surface area contributed by atoms with Crippen LogP contribution in [0.2, 0.25) is 0 Å². The minimum absolute atomic E-state index is 0.757. The number of nitrogens with one attached hydrogen (secondary N) is 1. The number of rotatable bonds is 2. The molecule has 0 amide bonds. The fourth-order valence-electron chi connectivity index (χ4n) is 1.35. The third-order valence-electron chi connectivity index (χ3n) is 1.97. The number of halogens is 2. The second-order valence-electron chi connectivity index (χ2n) is 3.36. The van der Waals surface area contributed by atoms with Crippen LogP contribution in [0.15, 0.2) is 39.7 Å². The summed E-state index contributed by atoms with van der Waals surface area (Å²) in [5, 5.41) is 3.23. The van der Waals surface area contributed by atoms with E-state index in [-0.39, 0.29) is 0 Å². The molecular weight excluding hydrogens is 334 g/mol. The molecule has 82 valence electrons. The number of hydrogen-bond acceptors (Lipinski definition) is 3. The van der Waals surface area contributed by atoms with Crippen LogP contribution in [0.4, 0.5) is 11.5 Å². The van der Waals surface area contributed by atoms with Gasteiger partial charge in [0.15, 0.2) is 0 Å². The molecule has 0 aliphatic rings. The molecule has 0 aliphatic heterocycles. The summed E-state index contributed by atoms with van der Waals surface area (Å²) >= 11 is 6.85. The van der Waals surface area contributed by atoms with E-state index in [9.17, 15) is 0 Å². The molecule has 1 heterocycles. The van der Waals surface area contributed by atoms with Gasteiger partial charge in [-0.25, -0.2) is 9.97 Å². The lowest BCUT2D eigenvalue weighted by Gasteiger charge is -2.08. The summed E-state index contributed by atoms with van der Waals surface area (Å²) in [6.07, 6.45) is 3.22. The fraction of sp³-hybridized carbons (Fsp3) is 0.0909. The predicted octanol–water partition coefficient (Wildman–Crippen LogP) is 4.05. The average Bonchev–Trinajstić information content (AvgIpc) is 2.20. The number of hydrogen-bond donors (Lipinski definition) is 1. The maximum absolute atomic E-state index is 4.15. The van der Waals surface area contributed by atoms with Gasteiger partial charge in [-0.15, -0.1) is 0 Å². The molecule has 0 spiro atoms. The Balaban J connectivity index is 2.30. The lowest BCUT2D eigenvalue weighted by atomic mass is 10.2. The molecule has 0 saturated heterocycles. The lowest BCUT2D eigenvalue weighted by molar-refractivity contribution is 1.15. The van der Waals surface area contributed by atoms with Crippen LogP contribution in [-0.4, -0.2) is 9.97 Å². The van der Waals surface area contributed by atoms with Crippen LogP contribution >= 0.6 is 31.9 Å². The van der Waals surface area contributed by atoms with Crippen molar-refractivity contribution in [3.05, 3.63) is 45.2 Å². The highest BCUT2D eigenvalue weighted by molar-refractivity contribution is 9.10. The molecule has 2 rings (SSSR count). The molecule has 0 bridgehead atoms. The van der Waals surface area contributed by atoms with Crippen molar-refractivity contribution in [2.45, 2.75) is 6.92 Å². The summed E-state index contributed by atoms with van der Waals surface area (Å²) in [5.74, 6) is 0.757. The first-order valence-electron chi connectivity index (χ1n) is 4.65. The minimum Gasteiger partial charge on any atom is -0.339 e. The first-order valence-corrected chi connectivity index (χ1v) is 6.23. The molecule has 1 N–H and O–H groups in total. The highest BCUT2D eigenvalue weighted by atomic mass is 79.9. The van der Waals surface area contributed by atoms with Crippen LogP contribution in [-0.2, 0) is 0 Å². The Morgan fingerprint density at radius 1 is 1.19 bits per heavy atom. The van der Waals surface area contributed by atoms with Gasteiger partial charge in [-0.2, -0.15) is 0 Å². The van der Waals surface area contributed by atoms with E-state index in [2.05, 4.69) is 59.3 Å². The first kappa shape index (κ1) is 11.5. The zero-order chi connectivity index (χ0) is 11.5. The van der Waals surface area contributed by atoms with E-state index in [0.29, 0.717) is 0 Å². The van der Waals surface area contributed by atoms with Crippen molar-refractivity contribution >= 4 is 43.4 Å². The van der Waals surface area contributed by atoms with Gasteiger partial charge >= 0.3 is 0 Å². The van der Waals surface area contributed by atoms with E-state index in [0.717, 1.165) is 20.5 Å². The maximum atomic E-state index is 4.15. The molecule has 3 nitrogen and oxygen atoms in total. The van der Waals surface area contributed by atoms with Crippen LogP contribution in [0.5, 0.6) is 0 Å². The Bertz CT molecular complexity index is 494. The zero-order valence-corrected chi connectivity index (χ0v) is 11.7. The van der Waals surface area contributed by atoms with Gasteiger partial charge in [0.25, 0.3) is 0 Å². The van der Waals surface area contributed by atoms with E-state index >= 15 is 0 Å². The van der Waals surface area contributed by atoms with E-state index in [1.807, 2.05) is 13.0 Å². The van der Waals surface area contributed by atoms with Gasteiger partial charge in [-0.1, -0.05) is 15.9 Å². The SMILES string of the molecule is Cc1cc(Br)cc(Nc2ncncc2Br)c1. The topological polar surface area (TPSA) is 37.8 Å².